The second-order valence-electron chi connectivity index (χ2n) is 6.82. The number of aliphatic carboxylic acids is 1. The predicted molar refractivity (Wildman–Crippen MR) is 93.1 cm³/mol. The predicted octanol–water partition coefficient (Wildman–Crippen LogP) is 5.46. The van der Waals surface area contributed by atoms with Gasteiger partial charge in [-0.25, -0.2) is 4.79 Å². The summed E-state index contributed by atoms with van der Waals surface area (Å²) >= 11 is 0. The van der Waals surface area contributed by atoms with Gasteiger partial charge in [0.1, 0.15) is 12.2 Å². The zero-order valence-corrected chi connectivity index (χ0v) is 15.1. The fourth-order valence-corrected chi connectivity index (χ4v) is 3.19. The van der Waals surface area contributed by atoms with Crippen molar-refractivity contribution in [1.82, 2.24) is 0 Å². The van der Waals surface area contributed by atoms with Gasteiger partial charge in [0, 0.05) is 6.42 Å². The first-order chi connectivity index (χ1) is 11.6. The number of carboxylic acids is 1. The molecule has 1 aliphatic heterocycles. The van der Waals surface area contributed by atoms with Gasteiger partial charge in [-0.1, -0.05) is 58.3 Å². The van der Waals surface area contributed by atoms with Crippen LogP contribution in [0.1, 0.15) is 96.8 Å². The Morgan fingerprint density at radius 1 is 0.833 bits per heavy atom. The molecule has 0 saturated carbocycles. The first kappa shape index (κ1) is 20.8. The van der Waals surface area contributed by atoms with Crippen LogP contribution in [0.4, 0.5) is 4.79 Å². The van der Waals surface area contributed by atoms with Crippen LogP contribution >= 0.6 is 0 Å². The lowest BCUT2D eigenvalue weighted by molar-refractivity contribution is -0.137. The van der Waals surface area contributed by atoms with Gasteiger partial charge in [-0.3, -0.25) is 4.79 Å². The van der Waals surface area contributed by atoms with Crippen molar-refractivity contribution in [3.63, 3.8) is 0 Å². The summed E-state index contributed by atoms with van der Waals surface area (Å²) in [5, 5.41) is 8.58. The molecule has 1 fully saturated rings. The first-order valence-corrected chi connectivity index (χ1v) is 9.72. The zero-order valence-electron chi connectivity index (χ0n) is 15.1. The summed E-state index contributed by atoms with van der Waals surface area (Å²) in [4.78, 5) is 21.8. The van der Waals surface area contributed by atoms with Gasteiger partial charge in [0.15, 0.2) is 0 Å². The van der Waals surface area contributed by atoms with Crippen LogP contribution in [0.3, 0.4) is 0 Å². The molecule has 0 spiro atoms. The van der Waals surface area contributed by atoms with E-state index in [1.165, 1.54) is 32.1 Å². The van der Waals surface area contributed by atoms with Crippen molar-refractivity contribution in [2.75, 3.05) is 0 Å². The van der Waals surface area contributed by atoms with Crippen LogP contribution in [0.2, 0.25) is 0 Å². The van der Waals surface area contributed by atoms with Crippen molar-refractivity contribution in [1.29, 1.82) is 0 Å². The highest BCUT2D eigenvalue weighted by molar-refractivity contribution is 5.66. The quantitative estimate of drug-likeness (QED) is 0.316. The van der Waals surface area contributed by atoms with Crippen LogP contribution in [0.5, 0.6) is 0 Å². The summed E-state index contributed by atoms with van der Waals surface area (Å²) in [6.45, 7) is 2.21. The number of carboxylic acid groups (broad SMARTS) is 1. The molecule has 0 aromatic carbocycles. The van der Waals surface area contributed by atoms with Crippen LogP contribution in [0.25, 0.3) is 0 Å². The standard InChI is InChI=1S/C19H34O5/c1-2-3-4-5-7-10-13-16-17(24-19(22)23-16)14-11-8-6-9-12-15-18(20)21/h16-17H,2-15H2,1H3,(H,20,21). The lowest BCUT2D eigenvalue weighted by Gasteiger charge is -2.15. The molecular weight excluding hydrogens is 308 g/mol. The molecule has 0 aliphatic carbocycles. The van der Waals surface area contributed by atoms with Crippen molar-refractivity contribution in [3.8, 4) is 0 Å². The Hall–Kier alpha value is -1.26. The van der Waals surface area contributed by atoms with Crippen LogP contribution in [0, 0.1) is 0 Å². The van der Waals surface area contributed by atoms with Crippen molar-refractivity contribution < 1.29 is 24.2 Å². The number of carbonyl (C=O) groups excluding carboxylic acids is 1. The van der Waals surface area contributed by atoms with Gasteiger partial charge in [-0.15, -0.1) is 0 Å². The highest BCUT2D eigenvalue weighted by atomic mass is 16.8. The number of cyclic esters (lactones) is 2. The largest absolute Gasteiger partial charge is 0.509 e. The van der Waals surface area contributed by atoms with Gasteiger partial charge in [0.05, 0.1) is 0 Å². The van der Waals surface area contributed by atoms with Crippen molar-refractivity contribution in [3.05, 3.63) is 0 Å². The van der Waals surface area contributed by atoms with E-state index in [0.29, 0.717) is 0 Å². The average molecular weight is 342 g/mol. The molecule has 2 atom stereocenters. The Kier molecular flexibility index (Phi) is 11.3. The fourth-order valence-electron chi connectivity index (χ4n) is 3.19. The second-order valence-corrected chi connectivity index (χ2v) is 6.82. The van der Waals surface area contributed by atoms with Gasteiger partial charge >= 0.3 is 12.1 Å². The van der Waals surface area contributed by atoms with E-state index < -0.39 is 12.1 Å². The van der Waals surface area contributed by atoms with Crippen molar-refractivity contribution >= 4 is 12.1 Å². The molecule has 140 valence electrons. The molecule has 0 radical (unpaired) electrons. The summed E-state index contributed by atoms with van der Waals surface area (Å²) in [6.07, 6.45) is 13.5. The third-order valence-electron chi connectivity index (χ3n) is 4.63. The first-order valence-electron chi connectivity index (χ1n) is 9.72. The smallest absolute Gasteiger partial charge is 0.481 e. The molecule has 0 aromatic rings. The highest BCUT2D eigenvalue weighted by Crippen LogP contribution is 2.25. The fraction of sp³-hybridized carbons (Fsp3) is 0.895. The number of ether oxygens (including phenoxy) is 2. The van der Waals surface area contributed by atoms with Crippen LogP contribution in [0.15, 0.2) is 0 Å². The minimum atomic E-state index is -0.720. The maximum absolute atomic E-state index is 11.4. The molecule has 0 aromatic heterocycles. The molecule has 1 aliphatic rings. The molecule has 1 rings (SSSR count). The van der Waals surface area contributed by atoms with E-state index in [2.05, 4.69) is 6.92 Å². The number of hydrogen-bond donors (Lipinski definition) is 1. The van der Waals surface area contributed by atoms with Crippen molar-refractivity contribution in [2.24, 2.45) is 0 Å². The zero-order chi connectivity index (χ0) is 17.6. The van der Waals surface area contributed by atoms with E-state index in [9.17, 15) is 9.59 Å². The summed E-state index contributed by atoms with van der Waals surface area (Å²) in [5.74, 6) is -0.720. The van der Waals surface area contributed by atoms with Crippen LogP contribution in [-0.4, -0.2) is 29.4 Å². The Bertz CT molecular complexity index is 356. The SMILES string of the molecule is CCCCCCCCC1OC(=O)OC1CCCCCCCC(=O)O. The molecule has 1 saturated heterocycles. The summed E-state index contributed by atoms with van der Waals surface area (Å²) in [6, 6.07) is 0. The normalized spacial score (nSPS) is 20.0. The molecule has 2 unspecified atom stereocenters. The van der Waals surface area contributed by atoms with Gasteiger partial charge in [-0.05, 0) is 32.1 Å². The van der Waals surface area contributed by atoms with Crippen LogP contribution < -0.4 is 0 Å². The average Bonchev–Trinajstić information content (AvgIpc) is 2.89. The number of carbonyl (C=O) groups is 2. The molecule has 5 nitrogen and oxygen atoms in total. The van der Waals surface area contributed by atoms with E-state index >= 15 is 0 Å². The molecule has 24 heavy (non-hydrogen) atoms. The van der Waals surface area contributed by atoms with E-state index in [0.717, 1.165) is 51.4 Å². The second kappa shape index (κ2) is 13.1. The molecule has 0 bridgehead atoms. The maximum atomic E-state index is 11.4. The lowest BCUT2D eigenvalue weighted by atomic mass is 9.99. The third-order valence-corrected chi connectivity index (χ3v) is 4.63. The third kappa shape index (κ3) is 9.78. The van der Waals surface area contributed by atoms with Crippen molar-refractivity contribution in [2.45, 2.75) is 109 Å². The summed E-state index contributed by atoms with van der Waals surface area (Å²) in [7, 11) is 0. The minimum Gasteiger partial charge on any atom is -0.481 e. The van der Waals surface area contributed by atoms with E-state index in [1.807, 2.05) is 0 Å². The van der Waals surface area contributed by atoms with Crippen LogP contribution in [-0.2, 0) is 14.3 Å². The van der Waals surface area contributed by atoms with Gasteiger partial charge in [0.2, 0.25) is 0 Å². The number of rotatable bonds is 15. The van der Waals surface area contributed by atoms with Gasteiger partial charge < -0.3 is 14.6 Å². The Balaban J connectivity index is 2.07. The summed E-state index contributed by atoms with van der Waals surface area (Å²) < 4.78 is 10.6. The lowest BCUT2D eigenvalue weighted by Crippen LogP contribution is -2.22. The molecule has 0 amide bonds. The Labute approximate surface area is 146 Å². The molecular formula is C19H34O5. The van der Waals surface area contributed by atoms with Gasteiger partial charge in [0.25, 0.3) is 0 Å². The Morgan fingerprint density at radius 2 is 1.29 bits per heavy atom. The summed E-state index contributed by atoms with van der Waals surface area (Å²) in [5.41, 5.74) is 0. The van der Waals surface area contributed by atoms with E-state index in [4.69, 9.17) is 14.6 Å². The molecule has 5 heteroatoms. The van der Waals surface area contributed by atoms with E-state index in [-0.39, 0.29) is 18.6 Å². The van der Waals surface area contributed by atoms with Gasteiger partial charge in [-0.2, -0.15) is 0 Å². The number of hydrogen-bond acceptors (Lipinski definition) is 4. The van der Waals surface area contributed by atoms with E-state index in [1.54, 1.807) is 0 Å². The molecule has 1 heterocycles. The maximum Gasteiger partial charge on any atom is 0.509 e. The topological polar surface area (TPSA) is 72.8 Å². The molecule has 1 N–H and O–H groups in total. The monoisotopic (exact) mass is 342 g/mol. The Morgan fingerprint density at radius 3 is 1.79 bits per heavy atom. The highest BCUT2D eigenvalue weighted by Gasteiger charge is 2.35. The number of unbranched alkanes of at least 4 members (excludes halogenated alkanes) is 9. The minimum absolute atomic E-state index is 0.0734.